The van der Waals surface area contributed by atoms with E-state index >= 15 is 0 Å². The summed E-state index contributed by atoms with van der Waals surface area (Å²) in [4.78, 5) is 10.5. The molecule has 0 saturated heterocycles. The highest BCUT2D eigenvalue weighted by Crippen LogP contribution is 2.12. The Balaban J connectivity index is 3.04. The molecule has 0 aromatic heterocycles. The van der Waals surface area contributed by atoms with Crippen molar-refractivity contribution < 1.29 is 4.79 Å². The van der Waals surface area contributed by atoms with E-state index in [-0.39, 0.29) is 5.24 Å². The first kappa shape index (κ1) is 20.7. The standard InChI is InChI=1S/C19H35ClO/c1-2-3-4-5-6-7-8-9-10-11-12-13-14-15-16-17-18-19(20)21/h15-16H,2-14,17-18H2,1H3/b16-15+. The van der Waals surface area contributed by atoms with Crippen LogP contribution in [-0.4, -0.2) is 5.24 Å². The van der Waals surface area contributed by atoms with E-state index in [0.29, 0.717) is 6.42 Å². The van der Waals surface area contributed by atoms with Crippen LogP contribution in [0, 0.1) is 0 Å². The van der Waals surface area contributed by atoms with Gasteiger partial charge in [-0.2, -0.15) is 0 Å². The minimum Gasteiger partial charge on any atom is -0.281 e. The van der Waals surface area contributed by atoms with Gasteiger partial charge in [-0.05, 0) is 30.9 Å². The van der Waals surface area contributed by atoms with Gasteiger partial charge in [-0.1, -0.05) is 89.7 Å². The summed E-state index contributed by atoms with van der Waals surface area (Å²) in [5.74, 6) is 0. The fourth-order valence-electron chi connectivity index (χ4n) is 2.54. The maximum atomic E-state index is 10.5. The van der Waals surface area contributed by atoms with Gasteiger partial charge in [0.15, 0.2) is 0 Å². The molecule has 1 nitrogen and oxygen atoms in total. The Morgan fingerprint density at radius 3 is 1.62 bits per heavy atom. The van der Waals surface area contributed by atoms with Crippen molar-refractivity contribution in [3.8, 4) is 0 Å². The van der Waals surface area contributed by atoms with Gasteiger partial charge in [-0.3, -0.25) is 4.79 Å². The van der Waals surface area contributed by atoms with E-state index in [1.165, 1.54) is 77.0 Å². The molecule has 0 aromatic rings. The molecule has 0 radical (unpaired) electrons. The highest BCUT2D eigenvalue weighted by molar-refractivity contribution is 6.63. The van der Waals surface area contributed by atoms with E-state index in [2.05, 4.69) is 19.1 Å². The highest BCUT2D eigenvalue weighted by atomic mass is 35.5. The Morgan fingerprint density at radius 2 is 1.14 bits per heavy atom. The fraction of sp³-hybridized carbons (Fsp3) is 0.842. The predicted molar refractivity (Wildman–Crippen MR) is 94.9 cm³/mol. The number of hydrogen-bond donors (Lipinski definition) is 0. The number of unbranched alkanes of at least 4 members (excludes halogenated alkanes) is 12. The number of halogens is 1. The minimum atomic E-state index is -0.231. The van der Waals surface area contributed by atoms with Crippen molar-refractivity contribution >= 4 is 16.8 Å². The zero-order chi connectivity index (χ0) is 15.6. The normalized spacial score (nSPS) is 11.3. The quantitative estimate of drug-likeness (QED) is 0.167. The molecule has 0 fully saturated rings. The van der Waals surface area contributed by atoms with E-state index in [4.69, 9.17) is 11.6 Å². The first-order valence-electron chi connectivity index (χ1n) is 9.10. The smallest absolute Gasteiger partial charge is 0.221 e. The van der Waals surface area contributed by atoms with Crippen molar-refractivity contribution in [1.82, 2.24) is 0 Å². The summed E-state index contributed by atoms with van der Waals surface area (Å²) in [7, 11) is 0. The van der Waals surface area contributed by atoms with Crippen LogP contribution in [0.5, 0.6) is 0 Å². The van der Waals surface area contributed by atoms with Crippen molar-refractivity contribution in [3.63, 3.8) is 0 Å². The van der Waals surface area contributed by atoms with Crippen molar-refractivity contribution in [2.24, 2.45) is 0 Å². The summed E-state index contributed by atoms with van der Waals surface area (Å²) < 4.78 is 0. The summed E-state index contributed by atoms with van der Waals surface area (Å²) in [6.07, 6.45) is 23.4. The van der Waals surface area contributed by atoms with Crippen LogP contribution in [0.2, 0.25) is 0 Å². The highest BCUT2D eigenvalue weighted by Gasteiger charge is 1.93. The second-order valence-electron chi connectivity index (χ2n) is 6.04. The lowest BCUT2D eigenvalue weighted by atomic mass is 10.0. The van der Waals surface area contributed by atoms with Crippen molar-refractivity contribution in [2.45, 2.75) is 103 Å². The molecule has 0 atom stereocenters. The lowest BCUT2D eigenvalue weighted by Gasteiger charge is -2.02. The molecule has 0 amide bonds. The molecule has 0 rings (SSSR count). The van der Waals surface area contributed by atoms with Crippen LogP contribution in [0.3, 0.4) is 0 Å². The molecule has 0 bridgehead atoms. The third-order valence-electron chi connectivity index (χ3n) is 3.90. The average molecular weight is 315 g/mol. The monoisotopic (exact) mass is 314 g/mol. The molecule has 2 heteroatoms. The molecular formula is C19H35ClO. The van der Waals surface area contributed by atoms with Crippen LogP contribution in [-0.2, 0) is 4.79 Å². The average Bonchev–Trinajstić information content (AvgIpc) is 2.46. The van der Waals surface area contributed by atoms with Gasteiger partial charge in [0.05, 0.1) is 0 Å². The second-order valence-corrected chi connectivity index (χ2v) is 6.46. The molecule has 0 aliphatic carbocycles. The van der Waals surface area contributed by atoms with Crippen LogP contribution < -0.4 is 0 Å². The molecular weight excluding hydrogens is 280 g/mol. The van der Waals surface area contributed by atoms with Gasteiger partial charge >= 0.3 is 0 Å². The lowest BCUT2D eigenvalue weighted by Crippen LogP contribution is -1.83. The van der Waals surface area contributed by atoms with Crippen LogP contribution in [0.1, 0.15) is 103 Å². The number of carbonyl (C=O) groups excluding carboxylic acids is 1. The molecule has 0 aromatic carbocycles. The van der Waals surface area contributed by atoms with Crippen molar-refractivity contribution in [3.05, 3.63) is 12.2 Å². The molecule has 0 saturated carbocycles. The van der Waals surface area contributed by atoms with E-state index < -0.39 is 0 Å². The number of rotatable bonds is 16. The Hall–Kier alpha value is -0.300. The maximum Gasteiger partial charge on any atom is 0.221 e. The minimum absolute atomic E-state index is 0.231. The molecule has 124 valence electrons. The summed E-state index contributed by atoms with van der Waals surface area (Å²) in [6.45, 7) is 2.27. The molecule has 0 spiro atoms. The number of hydrogen-bond acceptors (Lipinski definition) is 1. The van der Waals surface area contributed by atoms with Gasteiger partial charge in [0.2, 0.25) is 5.24 Å². The largest absolute Gasteiger partial charge is 0.281 e. The van der Waals surface area contributed by atoms with E-state index in [1.807, 2.05) is 0 Å². The lowest BCUT2D eigenvalue weighted by molar-refractivity contribution is -0.111. The Bertz CT molecular complexity index is 248. The molecule has 21 heavy (non-hydrogen) atoms. The Kier molecular flexibility index (Phi) is 17.5. The third-order valence-corrected chi connectivity index (χ3v) is 4.09. The molecule has 0 heterocycles. The van der Waals surface area contributed by atoms with Crippen LogP contribution in [0.15, 0.2) is 12.2 Å². The Morgan fingerprint density at radius 1 is 0.714 bits per heavy atom. The molecule has 0 unspecified atom stereocenters. The zero-order valence-electron chi connectivity index (χ0n) is 14.0. The Labute approximate surface area is 137 Å². The number of allylic oxidation sites excluding steroid dienone is 2. The second kappa shape index (κ2) is 17.8. The maximum absolute atomic E-state index is 10.5. The van der Waals surface area contributed by atoms with Gasteiger partial charge in [-0.15, -0.1) is 0 Å². The van der Waals surface area contributed by atoms with Gasteiger partial charge in [0.1, 0.15) is 0 Å². The van der Waals surface area contributed by atoms with Gasteiger partial charge in [-0.25, -0.2) is 0 Å². The van der Waals surface area contributed by atoms with Crippen molar-refractivity contribution in [1.29, 1.82) is 0 Å². The zero-order valence-corrected chi connectivity index (χ0v) is 14.8. The van der Waals surface area contributed by atoms with Crippen LogP contribution in [0.25, 0.3) is 0 Å². The van der Waals surface area contributed by atoms with Gasteiger partial charge in [0.25, 0.3) is 0 Å². The van der Waals surface area contributed by atoms with E-state index in [1.54, 1.807) is 0 Å². The first-order chi connectivity index (χ1) is 10.3. The summed E-state index contributed by atoms with van der Waals surface area (Å²) >= 11 is 5.27. The summed E-state index contributed by atoms with van der Waals surface area (Å²) in [6, 6.07) is 0. The van der Waals surface area contributed by atoms with Crippen LogP contribution in [0.4, 0.5) is 0 Å². The molecule has 0 N–H and O–H groups in total. The van der Waals surface area contributed by atoms with Crippen LogP contribution >= 0.6 is 11.6 Å². The van der Waals surface area contributed by atoms with Gasteiger partial charge in [0, 0.05) is 6.42 Å². The molecule has 0 aliphatic rings. The number of carbonyl (C=O) groups is 1. The van der Waals surface area contributed by atoms with E-state index in [9.17, 15) is 4.79 Å². The van der Waals surface area contributed by atoms with Gasteiger partial charge < -0.3 is 0 Å². The first-order valence-corrected chi connectivity index (χ1v) is 9.48. The summed E-state index contributed by atoms with van der Waals surface area (Å²) in [5, 5.41) is -0.231. The predicted octanol–water partition coefficient (Wildman–Crippen LogP) is 7.18. The SMILES string of the molecule is CCCCCCCCCCCCCC/C=C/CCC(=O)Cl. The van der Waals surface area contributed by atoms with Crippen molar-refractivity contribution in [2.75, 3.05) is 0 Å². The topological polar surface area (TPSA) is 17.1 Å². The fourth-order valence-corrected chi connectivity index (χ4v) is 2.64. The third kappa shape index (κ3) is 19.7. The summed E-state index contributed by atoms with van der Waals surface area (Å²) in [5.41, 5.74) is 0. The molecule has 0 aliphatic heterocycles. The van der Waals surface area contributed by atoms with E-state index in [0.717, 1.165) is 12.8 Å².